The highest BCUT2D eigenvalue weighted by molar-refractivity contribution is 6.13. The number of hydrogen-bond acceptors (Lipinski definition) is 1. The molecule has 12 rings (SSSR count). The first-order valence-electron chi connectivity index (χ1n) is 26.1. The third-order valence-electron chi connectivity index (χ3n) is 15.2. The van der Waals surface area contributed by atoms with Gasteiger partial charge in [-0.15, -0.1) is 0 Å². The molecule has 2 heterocycles. The number of nitrogens with zero attached hydrogens (tertiary/aromatic N) is 3. The van der Waals surface area contributed by atoms with E-state index in [1.54, 1.807) is 6.92 Å². The number of hydrogen-bond donors (Lipinski definition) is 0. The molecule has 0 aliphatic carbocycles. The van der Waals surface area contributed by atoms with E-state index in [9.17, 15) is 18.4 Å². The fraction of sp³-hybridized carbons (Fsp3) is 0.141. The highest BCUT2D eigenvalue weighted by Gasteiger charge is 2.32. The summed E-state index contributed by atoms with van der Waals surface area (Å²) in [5, 5.41) is 16.0. The van der Waals surface area contributed by atoms with Crippen LogP contribution in [0.1, 0.15) is 61.2 Å². The summed E-state index contributed by atoms with van der Waals surface area (Å²) in [5.41, 5.74) is 23.1. The molecule has 10 aromatic carbocycles. The molecule has 77 heavy (non-hydrogen) atoms. The average Bonchev–Trinajstić information content (AvgIpc) is 3.90. The van der Waals surface area contributed by atoms with Crippen molar-refractivity contribution >= 4 is 43.6 Å². The lowest BCUT2D eigenvalue weighted by atomic mass is 9.96. The van der Waals surface area contributed by atoms with Gasteiger partial charge in [-0.05, 0) is 172 Å². The van der Waals surface area contributed by atoms with Crippen molar-refractivity contribution in [3.8, 4) is 73.1 Å². The first-order chi connectivity index (χ1) is 36.8. The van der Waals surface area contributed by atoms with Crippen molar-refractivity contribution in [3.05, 3.63) is 237 Å². The zero-order chi connectivity index (χ0) is 53.8. The van der Waals surface area contributed by atoms with Crippen LogP contribution in [-0.2, 0) is 6.18 Å². The maximum atomic E-state index is 14.9. The van der Waals surface area contributed by atoms with Gasteiger partial charge in [0.05, 0.1) is 39.0 Å². The Morgan fingerprint density at radius 1 is 0.299 bits per heavy atom. The van der Waals surface area contributed by atoms with Crippen LogP contribution in [0.2, 0.25) is 0 Å². The average molecular weight is 1010 g/mol. The van der Waals surface area contributed by atoms with Crippen LogP contribution in [0.25, 0.3) is 111 Å². The Kier molecular flexibility index (Phi) is 11.7. The summed E-state index contributed by atoms with van der Waals surface area (Å²) in [6.45, 7) is 18.5. The molecule has 6 heteroatoms. The van der Waals surface area contributed by atoms with E-state index in [-0.39, 0.29) is 0 Å². The van der Waals surface area contributed by atoms with E-state index in [0.717, 1.165) is 133 Å². The first kappa shape index (κ1) is 49.0. The van der Waals surface area contributed by atoms with Crippen LogP contribution in [-0.4, -0.2) is 9.13 Å². The predicted octanol–water partition coefficient (Wildman–Crippen LogP) is 19.9. The summed E-state index contributed by atoms with van der Waals surface area (Å²) in [6, 6.07) is 63.2. The van der Waals surface area contributed by atoms with Gasteiger partial charge in [0.2, 0.25) is 0 Å². The summed E-state index contributed by atoms with van der Waals surface area (Å²) < 4.78 is 49.2. The lowest BCUT2D eigenvalue weighted by Gasteiger charge is -2.20. The number of aryl methyl sites for hydroxylation is 9. The van der Waals surface area contributed by atoms with Gasteiger partial charge >= 0.3 is 6.18 Å². The monoisotopic (exact) mass is 1010 g/mol. The van der Waals surface area contributed by atoms with E-state index >= 15 is 0 Å². The van der Waals surface area contributed by atoms with Gasteiger partial charge in [0.25, 0.3) is 0 Å². The molecule has 0 unspecified atom stereocenters. The van der Waals surface area contributed by atoms with E-state index in [1.807, 2.05) is 18.2 Å². The summed E-state index contributed by atoms with van der Waals surface area (Å²) in [6.07, 6.45) is -4.59. The SMILES string of the molecule is Cc1cc(C)cc(-c2ccc3c4ccc(-c5cc(C)cc(C)c5)cc4n(-c4cc(-c5cc(C)cc(C(F)(F)F)c5)cc(-n5c6cc(-c7cc(C)cc(C)c7)ccc6c6ccc(-c7cc(C)cc(C)c7)cc65)c4C#N)c3c2)c1. The zero-order valence-electron chi connectivity index (χ0n) is 44.7. The maximum absolute atomic E-state index is 14.9. The van der Waals surface area contributed by atoms with Crippen molar-refractivity contribution in [1.82, 2.24) is 9.13 Å². The Morgan fingerprint density at radius 3 is 0.805 bits per heavy atom. The van der Waals surface area contributed by atoms with E-state index in [4.69, 9.17) is 0 Å². The molecule has 0 radical (unpaired) electrons. The van der Waals surface area contributed by atoms with Gasteiger partial charge in [0.1, 0.15) is 11.6 Å². The van der Waals surface area contributed by atoms with Crippen LogP contribution >= 0.6 is 0 Å². The van der Waals surface area contributed by atoms with Crippen LogP contribution < -0.4 is 0 Å². The minimum absolute atomic E-state index is 0.372. The Hall–Kier alpha value is -8.92. The molecule has 0 spiro atoms. The molecule has 0 fully saturated rings. The molecule has 0 N–H and O–H groups in total. The van der Waals surface area contributed by atoms with Gasteiger partial charge in [-0.1, -0.05) is 172 Å². The maximum Gasteiger partial charge on any atom is 0.416 e. The molecule has 0 aliphatic heterocycles. The third-order valence-corrected chi connectivity index (χ3v) is 15.2. The highest BCUT2D eigenvalue weighted by Crippen LogP contribution is 2.45. The van der Waals surface area contributed by atoms with Crippen molar-refractivity contribution in [2.45, 2.75) is 68.5 Å². The van der Waals surface area contributed by atoms with E-state index in [1.165, 1.54) is 12.1 Å². The van der Waals surface area contributed by atoms with Crippen LogP contribution in [0, 0.1) is 73.6 Å². The number of halogens is 3. The lowest BCUT2D eigenvalue weighted by molar-refractivity contribution is -0.137. The summed E-state index contributed by atoms with van der Waals surface area (Å²) in [7, 11) is 0. The standard InChI is InChI=1S/C71H56F3N3/c1-40-18-41(2)23-53(22-40)49-10-14-60-61-15-11-50(54-24-42(3)19-43(4)25-54)34-66(61)76(65(60)33-49)69-37-58(57-30-48(9)31-59(32-57)71(72,73)74)38-70(64(69)39-75)77-67-35-51(55-26-44(5)20-45(6)27-55)12-16-62(67)63-17-13-52(36-68(63)77)56-28-46(7)21-47(8)29-56/h10-38H,1-9H3. The molecule has 0 amide bonds. The Balaban J connectivity index is 1.25. The van der Waals surface area contributed by atoms with Gasteiger partial charge in [-0.3, -0.25) is 0 Å². The topological polar surface area (TPSA) is 33.6 Å². The van der Waals surface area contributed by atoms with Gasteiger partial charge in [0, 0.05) is 21.5 Å². The van der Waals surface area contributed by atoms with Crippen molar-refractivity contribution in [1.29, 1.82) is 5.26 Å². The van der Waals surface area contributed by atoms with Gasteiger partial charge in [-0.2, -0.15) is 18.4 Å². The third kappa shape index (κ3) is 8.86. The number of rotatable bonds is 7. The fourth-order valence-corrected chi connectivity index (χ4v) is 12.2. The summed E-state index contributed by atoms with van der Waals surface area (Å²) >= 11 is 0. The number of nitriles is 1. The number of benzene rings is 10. The van der Waals surface area contributed by atoms with Crippen molar-refractivity contribution in [2.75, 3.05) is 0 Å². The van der Waals surface area contributed by atoms with Gasteiger partial charge < -0.3 is 9.13 Å². The minimum atomic E-state index is -4.59. The zero-order valence-corrected chi connectivity index (χ0v) is 44.7. The van der Waals surface area contributed by atoms with Crippen LogP contribution in [0.3, 0.4) is 0 Å². The van der Waals surface area contributed by atoms with Crippen LogP contribution in [0.15, 0.2) is 176 Å². The van der Waals surface area contributed by atoms with Gasteiger partial charge in [0.15, 0.2) is 0 Å². The molecule has 0 saturated heterocycles. The highest BCUT2D eigenvalue weighted by atomic mass is 19.4. The van der Waals surface area contributed by atoms with E-state index in [0.29, 0.717) is 33.6 Å². The molecule has 0 bridgehead atoms. The van der Waals surface area contributed by atoms with Crippen LogP contribution in [0.4, 0.5) is 13.2 Å². The van der Waals surface area contributed by atoms with Crippen molar-refractivity contribution in [3.63, 3.8) is 0 Å². The number of aromatic nitrogens is 2. The first-order valence-corrected chi connectivity index (χ1v) is 26.1. The fourth-order valence-electron chi connectivity index (χ4n) is 12.2. The molecular weight excluding hydrogens is 952 g/mol. The molecule has 3 nitrogen and oxygen atoms in total. The molecule has 0 atom stereocenters. The number of fused-ring (bicyclic) bond motifs is 6. The summed E-state index contributed by atoms with van der Waals surface area (Å²) in [5.74, 6) is 0. The smallest absolute Gasteiger partial charge is 0.308 e. The minimum Gasteiger partial charge on any atom is -0.308 e. The van der Waals surface area contributed by atoms with Gasteiger partial charge in [-0.25, -0.2) is 0 Å². The summed E-state index contributed by atoms with van der Waals surface area (Å²) in [4.78, 5) is 0. The molecule has 0 saturated carbocycles. The van der Waals surface area contributed by atoms with E-state index < -0.39 is 11.7 Å². The normalized spacial score (nSPS) is 11.9. The Morgan fingerprint density at radius 2 is 0.545 bits per heavy atom. The van der Waals surface area contributed by atoms with Crippen LogP contribution in [0.5, 0.6) is 0 Å². The van der Waals surface area contributed by atoms with Crippen molar-refractivity contribution < 1.29 is 13.2 Å². The molecule has 2 aromatic heterocycles. The molecular formula is C71H56F3N3. The number of alkyl halides is 3. The quantitative estimate of drug-likeness (QED) is 0.157. The second-order valence-corrected chi connectivity index (χ2v) is 21.7. The molecule has 12 aromatic rings. The Labute approximate surface area is 447 Å². The second kappa shape index (κ2) is 18.4. The predicted molar refractivity (Wildman–Crippen MR) is 315 cm³/mol. The van der Waals surface area contributed by atoms with E-state index in [2.05, 4.69) is 216 Å². The Bertz CT molecular complexity index is 3950. The van der Waals surface area contributed by atoms with Crippen molar-refractivity contribution in [2.24, 2.45) is 0 Å². The second-order valence-electron chi connectivity index (χ2n) is 21.7. The molecule has 376 valence electrons. The molecule has 0 aliphatic rings. The lowest BCUT2D eigenvalue weighted by Crippen LogP contribution is -2.07. The largest absolute Gasteiger partial charge is 0.416 e.